The summed E-state index contributed by atoms with van der Waals surface area (Å²) in [4.78, 5) is 25.9. The highest BCUT2D eigenvalue weighted by atomic mass is 16.5. The van der Waals surface area contributed by atoms with Crippen LogP contribution in [-0.4, -0.2) is 53.7 Å². The minimum atomic E-state index is -0.129. The van der Waals surface area contributed by atoms with Gasteiger partial charge in [-0.25, -0.2) is 0 Å². The normalized spacial score (nSPS) is 30.1. The quantitative estimate of drug-likeness (QED) is 0.888. The molecule has 0 bridgehead atoms. The van der Waals surface area contributed by atoms with Gasteiger partial charge < -0.3 is 19.5 Å². The minimum Gasteiger partial charge on any atom is -0.371 e. The number of nitrogens with one attached hydrogen (secondary N) is 1. The van der Waals surface area contributed by atoms with Gasteiger partial charge in [0.25, 0.3) is 5.91 Å². The molecule has 3 fully saturated rings. The van der Waals surface area contributed by atoms with Crippen molar-refractivity contribution in [2.75, 3.05) is 19.6 Å². The van der Waals surface area contributed by atoms with Crippen LogP contribution in [0.15, 0.2) is 16.8 Å². The van der Waals surface area contributed by atoms with Crippen molar-refractivity contribution in [3.8, 4) is 0 Å². The lowest BCUT2D eigenvalue weighted by atomic mass is 9.85. The maximum Gasteiger partial charge on any atom is 0.292 e. The van der Waals surface area contributed by atoms with Gasteiger partial charge in [-0.1, -0.05) is 11.6 Å². The zero-order chi connectivity index (χ0) is 15.8. The van der Waals surface area contributed by atoms with Gasteiger partial charge in [0, 0.05) is 37.5 Å². The number of hydrogen-bond acceptors (Lipinski definition) is 5. The van der Waals surface area contributed by atoms with E-state index in [1.54, 1.807) is 11.0 Å². The predicted molar refractivity (Wildman–Crippen MR) is 79.5 cm³/mol. The molecule has 4 rings (SSSR count). The summed E-state index contributed by atoms with van der Waals surface area (Å²) in [6, 6.07) is 1.58. The van der Waals surface area contributed by atoms with Crippen LogP contribution in [0.3, 0.4) is 0 Å². The van der Waals surface area contributed by atoms with Gasteiger partial charge in [0.05, 0.1) is 18.4 Å². The molecular weight excluding hydrogens is 298 g/mol. The second-order valence-corrected chi connectivity index (χ2v) is 6.75. The van der Waals surface area contributed by atoms with E-state index >= 15 is 0 Å². The molecule has 1 aliphatic carbocycles. The maximum absolute atomic E-state index is 12.2. The molecule has 1 aromatic rings. The fraction of sp³-hybridized carbons (Fsp3) is 0.688. The number of ether oxygens (including phenoxy) is 1. The lowest BCUT2D eigenvalue weighted by molar-refractivity contribution is -0.128. The summed E-state index contributed by atoms with van der Waals surface area (Å²) in [6.45, 7) is 1.84. The number of amides is 2. The first kappa shape index (κ1) is 14.7. The van der Waals surface area contributed by atoms with E-state index in [9.17, 15) is 9.59 Å². The van der Waals surface area contributed by atoms with Crippen LogP contribution in [0.1, 0.15) is 36.2 Å². The third kappa shape index (κ3) is 2.85. The Morgan fingerprint density at radius 1 is 1.35 bits per heavy atom. The first-order valence-corrected chi connectivity index (χ1v) is 8.34. The highest BCUT2D eigenvalue weighted by Crippen LogP contribution is 2.33. The molecule has 0 aromatic carbocycles. The summed E-state index contributed by atoms with van der Waals surface area (Å²) in [5.74, 6) is 0.863. The highest BCUT2D eigenvalue weighted by molar-refractivity contribution is 5.91. The van der Waals surface area contributed by atoms with Gasteiger partial charge >= 0.3 is 0 Å². The standard InChI is InChI=1S/C16H21N3O4/c20-15(10-2-1-3-10)17-7-12-6-11-8-19(9-14(11)22-12)16(21)13-4-5-18-23-13/h4-5,10-12,14H,1-3,6-9H2,(H,17,20)/t11-,12-,14+/m1/s1. The molecule has 3 heterocycles. The van der Waals surface area contributed by atoms with E-state index in [1.165, 1.54) is 6.20 Å². The first-order chi connectivity index (χ1) is 11.2. The first-order valence-electron chi connectivity index (χ1n) is 8.34. The highest BCUT2D eigenvalue weighted by Gasteiger charge is 2.44. The molecule has 0 unspecified atom stereocenters. The largest absolute Gasteiger partial charge is 0.371 e. The molecule has 124 valence electrons. The topological polar surface area (TPSA) is 84.7 Å². The third-order valence-electron chi connectivity index (χ3n) is 5.23. The van der Waals surface area contributed by atoms with Gasteiger partial charge in [-0.15, -0.1) is 0 Å². The number of likely N-dealkylation sites (tertiary alicyclic amines) is 1. The fourth-order valence-electron chi connectivity index (χ4n) is 3.67. The van der Waals surface area contributed by atoms with Crippen molar-refractivity contribution in [2.45, 2.75) is 37.9 Å². The van der Waals surface area contributed by atoms with Crippen molar-refractivity contribution in [2.24, 2.45) is 11.8 Å². The van der Waals surface area contributed by atoms with E-state index in [0.717, 1.165) is 25.7 Å². The van der Waals surface area contributed by atoms with Crippen molar-refractivity contribution in [3.63, 3.8) is 0 Å². The Morgan fingerprint density at radius 3 is 2.87 bits per heavy atom. The van der Waals surface area contributed by atoms with Gasteiger partial charge in [-0.2, -0.15) is 0 Å². The van der Waals surface area contributed by atoms with Gasteiger partial charge in [0.1, 0.15) is 0 Å². The van der Waals surface area contributed by atoms with Crippen molar-refractivity contribution >= 4 is 11.8 Å². The SMILES string of the molecule is O=C(NC[C@H]1C[C@@H]2CN(C(=O)c3ccno3)C[C@@H]2O1)C1CCC1. The van der Waals surface area contributed by atoms with Gasteiger partial charge in [-0.05, 0) is 19.3 Å². The van der Waals surface area contributed by atoms with Crippen molar-refractivity contribution in [3.05, 3.63) is 18.0 Å². The minimum absolute atomic E-state index is 0.0625. The van der Waals surface area contributed by atoms with E-state index in [4.69, 9.17) is 9.26 Å². The van der Waals surface area contributed by atoms with Crippen LogP contribution in [0.5, 0.6) is 0 Å². The lowest BCUT2D eigenvalue weighted by Crippen LogP contribution is -2.39. The Morgan fingerprint density at radius 2 is 2.22 bits per heavy atom. The van der Waals surface area contributed by atoms with Gasteiger partial charge in [0.15, 0.2) is 0 Å². The van der Waals surface area contributed by atoms with Gasteiger partial charge in [-0.3, -0.25) is 9.59 Å². The maximum atomic E-state index is 12.2. The summed E-state index contributed by atoms with van der Waals surface area (Å²) in [5, 5.41) is 6.58. The average Bonchev–Trinajstić information content (AvgIpc) is 3.17. The second kappa shape index (κ2) is 5.96. The second-order valence-electron chi connectivity index (χ2n) is 6.75. The van der Waals surface area contributed by atoms with Crippen LogP contribution >= 0.6 is 0 Å². The molecule has 1 N–H and O–H groups in total. The number of carbonyl (C=O) groups is 2. The number of aromatic nitrogens is 1. The molecule has 1 saturated carbocycles. The number of hydrogen-bond donors (Lipinski definition) is 1. The van der Waals surface area contributed by atoms with Crippen LogP contribution in [0.25, 0.3) is 0 Å². The van der Waals surface area contributed by atoms with Crippen molar-refractivity contribution in [1.29, 1.82) is 0 Å². The van der Waals surface area contributed by atoms with Crippen LogP contribution in [0, 0.1) is 11.8 Å². The Bertz CT molecular complexity index is 570. The summed E-state index contributed by atoms with van der Waals surface area (Å²) in [7, 11) is 0. The molecular formula is C16H21N3O4. The Hall–Kier alpha value is -1.89. The molecule has 1 aromatic heterocycles. The zero-order valence-corrected chi connectivity index (χ0v) is 12.9. The van der Waals surface area contributed by atoms with Crippen LogP contribution < -0.4 is 5.32 Å². The Kier molecular flexibility index (Phi) is 3.80. The van der Waals surface area contributed by atoms with E-state index in [1.807, 2.05) is 0 Å². The molecule has 7 heteroatoms. The van der Waals surface area contributed by atoms with Crippen LogP contribution in [0.2, 0.25) is 0 Å². The monoisotopic (exact) mass is 319 g/mol. The van der Waals surface area contributed by atoms with E-state index < -0.39 is 0 Å². The molecule has 3 atom stereocenters. The molecule has 3 aliphatic rings. The lowest BCUT2D eigenvalue weighted by Gasteiger charge is -2.25. The molecule has 2 saturated heterocycles. The summed E-state index contributed by atoms with van der Waals surface area (Å²) in [5.41, 5.74) is 0. The van der Waals surface area contributed by atoms with Crippen LogP contribution in [-0.2, 0) is 9.53 Å². The Labute approximate surface area is 134 Å². The fourth-order valence-corrected chi connectivity index (χ4v) is 3.67. The summed E-state index contributed by atoms with van der Waals surface area (Å²) >= 11 is 0. The van der Waals surface area contributed by atoms with Crippen molar-refractivity contribution in [1.82, 2.24) is 15.4 Å². The number of carbonyl (C=O) groups excluding carboxylic acids is 2. The van der Waals surface area contributed by atoms with E-state index in [-0.39, 0.29) is 35.7 Å². The van der Waals surface area contributed by atoms with Gasteiger partial charge in [0.2, 0.25) is 11.7 Å². The summed E-state index contributed by atoms with van der Waals surface area (Å²) in [6.07, 6.45) is 5.68. The molecule has 2 amide bonds. The van der Waals surface area contributed by atoms with Crippen molar-refractivity contribution < 1.29 is 18.8 Å². The van der Waals surface area contributed by atoms with E-state index in [0.29, 0.717) is 25.6 Å². The number of rotatable bonds is 4. The molecule has 2 aliphatic heterocycles. The smallest absolute Gasteiger partial charge is 0.292 e. The molecule has 23 heavy (non-hydrogen) atoms. The number of nitrogens with zero attached hydrogens (tertiary/aromatic N) is 2. The molecule has 7 nitrogen and oxygen atoms in total. The average molecular weight is 319 g/mol. The molecule has 0 radical (unpaired) electrons. The Balaban J connectivity index is 1.25. The zero-order valence-electron chi connectivity index (χ0n) is 12.9. The van der Waals surface area contributed by atoms with E-state index in [2.05, 4.69) is 10.5 Å². The van der Waals surface area contributed by atoms with Crippen LogP contribution in [0.4, 0.5) is 0 Å². The third-order valence-corrected chi connectivity index (χ3v) is 5.23. The predicted octanol–water partition coefficient (Wildman–Crippen LogP) is 0.820. The summed E-state index contributed by atoms with van der Waals surface area (Å²) < 4.78 is 10.9. The molecule has 0 spiro atoms. The number of fused-ring (bicyclic) bond motifs is 1.